The van der Waals surface area contributed by atoms with Crippen molar-refractivity contribution in [3.8, 4) is 0 Å². The SMILES string of the molecule is O=C(O)C(Cl)Cl.[Nd]. The first-order valence-electron chi connectivity index (χ1n) is 1.15. The van der Waals surface area contributed by atoms with Crippen molar-refractivity contribution in [3.05, 3.63) is 0 Å². The number of carboxylic acid groups (broad SMARTS) is 1. The predicted octanol–water partition coefficient (Wildman–Crippen LogP) is 0.875. The van der Waals surface area contributed by atoms with Crippen LogP contribution >= 0.6 is 23.2 Å². The van der Waals surface area contributed by atoms with E-state index in [0.29, 0.717) is 0 Å². The number of rotatable bonds is 1. The van der Waals surface area contributed by atoms with Crippen LogP contribution in [0, 0.1) is 40.8 Å². The van der Waals surface area contributed by atoms with E-state index in [-0.39, 0.29) is 40.8 Å². The molecule has 0 aromatic carbocycles. The van der Waals surface area contributed by atoms with E-state index >= 15 is 0 Å². The molecule has 0 saturated carbocycles. The van der Waals surface area contributed by atoms with Gasteiger partial charge in [-0.05, 0) is 0 Å². The van der Waals surface area contributed by atoms with E-state index in [1.54, 1.807) is 0 Å². The van der Waals surface area contributed by atoms with Gasteiger partial charge in [0.2, 0.25) is 4.84 Å². The Kier molecular flexibility index (Phi) is 8.88. The molecule has 0 amide bonds. The van der Waals surface area contributed by atoms with Gasteiger partial charge < -0.3 is 5.11 Å². The molecule has 0 atom stereocenters. The predicted molar refractivity (Wildman–Crippen MR) is 23.1 cm³/mol. The van der Waals surface area contributed by atoms with Crippen LogP contribution in [-0.4, -0.2) is 15.9 Å². The third-order valence-corrected chi connectivity index (χ3v) is 0.560. The molecule has 0 aliphatic rings. The van der Waals surface area contributed by atoms with Crippen LogP contribution in [0.5, 0.6) is 0 Å². The average Bonchev–Trinajstić information content (AvgIpc) is 1.36. The summed E-state index contributed by atoms with van der Waals surface area (Å²) >= 11 is 9.56. The van der Waals surface area contributed by atoms with Crippen molar-refractivity contribution in [3.63, 3.8) is 0 Å². The monoisotopic (exact) mass is 270 g/mol. The third-order valence-electron chi connectivity index (χ3n) is 0.187. The molecule has 0 radical (unpaired) electrons. The summed E-state index contributed by atoms with van der Waals surface area (Å²) in [5.41, 5.74) is 0. The first kappa shape index (κ1) is 11.2. The zero-order chi connectivity index (χ0) is 5.15. The largest absolute Gasteiger partial charge is 0.479 e. The first-order valence-corrected chi connectivity index (χ1v) is 2.03. The fourth-order valence-corrected chi connectivity index (χ4v) is 0. The van der Waals surface area contributed by atoms with Crippen LogP contribution in [0.2, 0.25) is 0 Å². The van der Waals surface area contributed by atoms with Crippen molar-refractivity contribution < 1.29 is 50.7 Å². The molecule has 40 valence electrons. The molecule has 0 aliphatic heterocycles. The minimum absolute atomic E-state index is 0. The van der Waals surface area contributed by atoms with E-state index in [1.807, 2.05) is 0 Å². The Morgan fingerprint density at radius 2 is 1.71 bits per heavy atom. The van der Waals surface area contributed by atoms with Gasteiger partial charge in [-0.15, -0.1) is 0 Å². The van der Waals surface area contributed by atoms with Gasteiger partial charge in [0.15, 0.2) is 0 Å². The van der Waals surface area contributed by atoms with Gasteiger partial charge >= 0.3 is 5.97 Å². The number of halogens is 2. The van der Waals surface area contributed by atoms with E-state index in [1.165, 1.54) is 0 Å². The Morgan fingerprint density at radius 1 is 1.57 bits per heavy atom. The van der Waals surface area contributed by atoms with Crippen molar-refractivity contribution in [2.75, 3.05) is 0 Å². The minimum atomic E-state index is -1.29. The summed E-state index contributed by atoms with van der Waals surface area (Å²) in [5, 5.41) is 7.73. The zero-order valence-corrected chi connectivity index (χ0v) is 7.91. The molecule has 0 aliphatic carbocycles. The topological polar surface area (TPSA) is 37.3 Å². The van der Waals surface area contributed by atoms with Gasteiger partial charge in [-0.2, -0.15) is 0 Å². The van der Waals surface area contributed by atoms with Crippen LogP contribution in [0.25, 0.3) is 0 Å². The maximum Gasteiger partial charge on any atom is 0.337 e. The van der Waals surface area contributed by atoms with Crippen molar-refractivity contribution >= 4 is 29.2 Å². The molecule has 1 N–H and O–H groups in total. The normalized spacial score (nSPS) is 7.86. The summed E-state index contributed by atoms with van der Waals surface area (Å²) in [6, 6.07) is 0. The van der Waals surface area contributed by atoms with Crippen LogP contribution in [0.15, 0.2) is 0 Å². The van der Waals surface area contributed by atoms with Crippen molar-refractivity contribution in [1.82, 2.24) is 0 Å². The molecule has 2 nitrogen and oxygen atoms in total. The summed E-state index contributed by atoms with van der Waals surface area (Å²) in [5.74, 6) is -1.21. The molecule has 0 spiro atoms. The fourth-order valence-electron chi connectivity index (χ4n) is 0. The summed E-state index contributed by atoms with van der Waals surface area (Å²) in [7, 11) is 0. The van der Waals surface area contributed by atoms with E-state index in [2.05, 4.69) is 0 Å². The molecule has 0 heterocycles. The quantitative estimate of drug-likeness (QED) is 0.720. The van der Waals surface area contributed by atoms with Gasteiger partial charge in [0, 0.05) is 40.8 Å². The van der Waals surface area contributed by atoms with Gasteiger partial charge in [-0.3, -0.25) is 0 Å². The number of carbonyl (C=O) groups is 1. The van der Waals surface area contributed by atoms with E-state index in [0.717, 1.165) is 0 Å². The number of carboxylic acids is 1. The average molecular weight is 273 g/mol. The molecule has 0 rings (SSSR count). The summed E-state index contributed by atoms with van der Waals surface area (Å²) < 4.78 is 0. The third kappa shape index (κ3) is 7.40. The Morgan fingerprint density at radius 3 is 1.71 bits per heavy atom. The number of aliphatic carboxylic acids is 1. The maximum absolute atomic E-state index is 9.44. The molecule has 0 unspecified atom stereocenters. The molecule has 0 saturated heterocycles. The standard InChI is InChI=1S/C2H2Cl2O2.Nd/c3-1(4)2(5)6;/h1H,(H,5,6);. The summed E-state index contributed by atoms with van der Waals surface area (Å²) in [4.78, 5) is 8.15. The number of alkyl halides is 2. The molecule has 0 fully saturated rings. The Bertz CT molecular complexity index is 64.7. The molecular weight excluding hydrogens is 271 g/mol. The second-order valence-corrected chi connectivity index (χ2v) is 1.74. The maximum atomic E-state index is 9.44. The molecule has 5 heteroatoms. The van der Waals surface area contributed by atoms with E-state index in [9.17, 15) is 4.79 Å². The Balaban J connectivity index is 0. The second-order valence-electron chi connectivity index (χ2n) is 0.639. The van der Waals surface area contributed by atoms with Crippen LogP contribution < -0.4 is 0 Å². The van der Waals surface area contributed by atoms with Crippen molar-refractivity contribution in [1.29, 1.82) is 0 Å². The van der Waals surface area contributed by atoms with Crippen LogP contribution in [0.1, 0.15) is 0 Å². The Labute approximate surface area is 83.7 Å². The Hall–Kier alpha value is 1.40. The van der Waals surface area contributed by atoms with Crippen molar-refractivity contribution in [2.24, 2.45) is 0 Å². The second kappa shape index (κ2) is 5.54. The minimum Gasteiger partial charge on any atom is -0.479 e. The summed E-state index contributed by atoms with van der Waals surface area (Å²) in [6.07, 6.45) is 0. The van der Waals surface area contributed by atoms with Gasteiger partial charge in [0.25, 0.3) is 0 Å². The molecule has 0 aromatic rings. The van der Waals surface area contributed by atoms with Crippen LogP contribution in [0.4, 0.5) is 0 Å². The molecular formula is C2H2Cl2NdO2. The number of hydrogen-bond donors (Lipinski definition) is 1. The van der Waals surface area contributed by atoms with Crippen LogP contribution in [0.3, 0.4) is 0 Å². The van der Waals surface area contributed by atoms with Crippen molar-refractivity contribution in [2.45, 2.75) is 4.84 Å². The fraction of sp³-hybridized carbons (Fsp3) is 0.500. The smallest absolute Gasteiger partial charge is 0.337 e. The van der Waals surface area contributed by atoms with Gasteiger partial charge in [-0.1, -0.05) is 23.2 Å². The van der Waals surface area contributed by atoms with Crippen LogP contribution in [-0.2, 0) is 4.79 Å². The van der Waals surface area contributed by atoms with Gasteiger partial charge in [0.05, 0.1) is 0 Å². The van der Waals surface area contributed by atoms with E-state index < -0.39 is 10.8 Å². The van der Waals surface area contributed by atoms with E-state index in [4.69, 9.17) is 28.3 Å². The van der Waals surface area contributed by atoms with Gasteiger partial charge in [-0.25, -0.2) is 4.79 Å². The first-order chi connectivity index (χ1) is 2.64. The molecule has 7 heavy (non-hydrogen) atoms. The molecule has 0 bridgehead atoms. The number of hydrogen-bond acceptors (Lipinski definition) is 1. The van der Waals surface area contributed by atoms with Gasteiger partial charge in [0.1, 0.15) is 0 Å². The molecule has 0 aromatic heterocycles. The summed E-state index contributed by atoms with van der Waals surface area (Å²) in [6.45, 7) is 0. The zero-order valence-electron chi connectivity index (χ0n) is 3.19.